The number of aryl methyl sites for hydroxylation is 1. The van der Waals surface area contributed by atoms with Crippen molar-refractivity contribution in [2.75, 3.05) is 57.4 Å². The average Bonchev–Trinajstić information content (AvgIpc) is 3.39. The van der Waals surface area contributed by atoms with Crippen molar-refractivity contribution in [3.8, 4) is 0 Å². The second-order valence-corrected chi connectivity index (χ2v) is 12.9. The van der Waals surface area contributed by atoms with Gasteiger partial charge in [0.15, 0.2) is 5.65 Å². The molecule has 0 saturated carbocycles. The van der Waals surface area contributed by atoms with E-state index >= 15 is 0 Å². The molecule has 1 N–H and O–H groups in total. The van der Waals surface area contributed by atoms with Crippen LogP contribution >= 0.6 is 0 Å². The van der Waals surface area contributed by atoms with Gasteiger partial charge in [-0.05, 0) is 37.6 Å². The molecule has 1 aromatic carbocycles. The number of anilines is 1. The highest BCUT2D eigenvalue weighted by Gasteiger charge is 2.43. The molecule has 0 aliphatic carbocycles. The zero-order valence-corrected chi connectivity index (χ0v) is 25.3. The zero-order valence-electron chi connectivity index (χ0n) is 25.3. The van der Waals surface area contributed by atoms with Crippen LogP contribution in [0.5, 0.6) is 0 Å². The fourth-order valence-electron chi connectivity index (χ4n) is 6.84. The molecule has 2 aromatic heterocycles. The van der Waals surface area contributed by atoms with Crippen LogP contribution in [0.4, 0.5) is 10.1 Å². The zero-order chi connectivity index (χ0) is 29.8. The molecule has 5 heterocycles. The maximum atomic E-state index is 14.2. The number of carbonyl (C=O) groups is 1. The van der Waals surface area contributed by atoms with E-state index in [0.717, 1.165) is 61.9 Å². The molecule has 10 nitrogen and oxygen atoms in total. The van der Waals surface area contributed by atoms with Gasteiger partial charge in [0.05, 0.1) is 31.1 Å². The Bertz CT molecular complexity index is 1530. The largest absolute Gasteiger partial charge is 0.379 e. The van der Waals surface area contributed by atoms with E-state index in [4.69, 9.17) is 4.74 Å². The Kier molecular flexibility index (Phi) is 7.71. The number of fused-ring (bicyclic) bond motifs is 3. The summed E-state index contributed by atoms with van der Waals surface area (Å²) in [6.45, 7) is 14.2. The van der Waals surface area contributed by atoms with E-state index in [1.165, 1.54) is 16.8 Å². The van der Waals surface area contributed by atoms with Crippen molar-refractivity contribution in [3.05, 3.63) is 63.5 Å². The molecular formula is C31H42FN7O3. The molecule has 6 rings (SSSR count). The van der Waals surface area contributed by atoms with Gasteiger partial charge in [-0.2, -0.15) is 0 Å². The van der Waals surface area contributed by atoms with Gasteiger partial charge in [-0.25, -0.2) is 18.3 Å². The number of hydrogen-bond acceptors (Lipinski definition) is 7. The van der Waals surface area contributed by atoms with Crippen molar-refractivity contribution in [2.24, 2.45) is 7.05 Å². The van der Waals surface area contributed by atoms with Crippen molar-refractivity contribution < 1.29 is 13.9 Å². The van der Waals surface area contributed by atoms with Crippen LogP contribution in [0.3, 0.4) is 0 Å². The summed E-state index contributed by atoms with van der Waals surface area (Å²) in [5, 5.41) is 8.18. The van der Waals surface area contributed by atoms with Crippen LogP contribution in [-0.4, -0.2) is 100 Å². The van der Waals surface area contributed by atoms with Gasteiger partial charge in [-0.3, -0.25) is 14.6 Å². The molecule has 11 heteroatoms. The first-order chi connectivity index (χ1) is 20.0. The number of rotatable bonds is 6. The lowest BCUT2D eigenvalue weighted by atomic mass is 9.90. The Labute approximate surface area is 246 Å². The number of carbonyl (C=O) groups excluding carboxylic acids is 1. The number of hydrogen-bond donors (Lipinski definition) is 1. The first-order valence-corrected chi connectivity index (χ1v) is 15.0. The molecule has 42 heavy (non-hydrogen) atoms. The minimum Gasteiger partial charge on any atom is -0.379 e. The monoisotopic (exact) mass is 579 g/mol. The van der Waals surface area contributed by atoms with Gasteiger partial charge < -0.3 is 15.0 Å². The molecule has 1 amide bonds. The summed E-state index contributed by atoms with van der Waals surface area (Å²) in [6.07, 6.45) is 0.463. The van der Waals surface area contributed by atoms with E-state index in [2.05, 4.69) is 47.9 Å². The third-order valence-corrected chi connectivity index (χ3v) is 9.10. The highest BCUT2D eigenvalue weighted by Crippen LogP contribution is 2.41. The highest BCUT2D eigenvalue weighted by atomic mass is 19.1. The SMILES string of the molecule is C[C@@H]1CN(CC(=O)N2CC(C)(C)c3c2cc(Cc2ccc(F)cc2)c2nn(C)c(=O)n32)[C@@H](CN2CCOC[C@H]2C)CN1. The van der Waals surface area contributed by atoms with Gasteiger partial charge in [-0.1, -0.05) is 26.0 Å². The standard InChI is InChI=1S/C31H42FN7O3/c1-20-15-37(25(14-33-20)16-36-10-11-42-18-21(36)2)17-27(40)38-19-31(3,4)28-26(38)13-23(12-22-6-8-24(32)9-7-22)29-34-35(5)30(41)39(28)29/h6-9,13,20-21,25,33H,10-12,14-19H2,1-5H3/t20-,21-,25-/m1/s1. The first-order valence-electron chi connectivity index (χ1n) is 15.0. The number of pyridine rings is 1. The minimum absolute atomic E-state index is 0.0278. The molecule has 3 atom stereocenters. The Morgan fingerprint density at radius 1 is 1.19 bits per heavy atom. The summed E-state index contributed by atoms with van der Waals surface area (Å²) in [5.74, 6) is -0.269. The number of ether oxygens (including phenoxy) is 1. The third-order valence-electron chi connectivity index (χ3n) is 9.10. The number of piperazine rings is 1. The Hall–Kier alpha value is -3.12. The van der Waals surface area contributed by atoms with Gasteiger partial charge >= 0.3 is 5.69 Å². The van der Waals surface area contributed by atoms with Crippen molar-refractivity contribution in [2.45, 2.75) is 57.7 Å². The van der Waals surface area contributed by atoms with E-state index in [0.29, 0.717) is 31.2 Å². The van der Waals surface area contributed by atoms with E-state index in [-0.39, 0.29) is 29.5 Å². The maximum absolute atomic E-state index is 14.2. The number of benzene rings is 1. The summed E-state index contributed by atoms with van der Waals surface area (Å²) in [7, 11) is 1.65. The summed E-state index contributed by atoms with van der Waals surface area (Å²) in [6, 6.07) is 9.22. The molecule has 0 radical (unpaired) electrons. The van der Waals surface area contributed by atoms with Gasteiger partial charge in [0.1, 0.15) is 5.82 Å². The molecule has 3 aromatic rings. The molecule has 3 aliphatic heterocycles. The van der Waals surface area contributed by atoms with Gasteiger partial charge in [-0.15, -0.1) is 5.10 Å². The van der Waals surface area contributed by atoms with E-state index in [9.17, 15) is 14.0 Å². The second-order valence-electron chi connectivity index (χ2n) is 12.9. The Balaban J connectivity index is 1.33. The van der Waals surface area contributed by atoms with Crippen LogP contribution < -0.4 is 15.9 Å². The van der Waals surface area contributed by atoms with E-state index < -0.39 is 5.41 Å². The van der Waals surface area contributed by atoms with Crippen molar-refractivity contribution >= 4 is 17.2 Å². The van der Waals surface area contributed by atoms with Gasteiger partial charge in [0.2, 0.25) is 5.91 Å². The minimum atomic E-state index is -0.454. The number of nitrogens with one attached hydrogen (secondary N) is 1. The van der Waals surface area contributed by atoms with E-state index in [1.54, 1.807) is 23.6 Å². The van der Waals surface area contributed by atoms with Crippen LogP contribution in [0.15, 0.2) is 35.1 Å². The molecule has 0 bridgehead atoms. The summed E-state index contributed by atoms with van der Waals surface area (Å²) in [5.41, 5.74) is 3.17. The highest BCUT2D eigenvalue weighted by molar-refractivity contribution is 5.97. The second kappa shape index (κ2) is 11.2. The third kappa shape index (κ3) is 5.39. The van der Waals surface area contributed by atoms with Gasteiger partial charge in [0, 0.05) is 75.3 Å². The lowest BCUT2D eigenvalue weighted by molar-refractivity contribution is -0.121. The molecule has 3 aliphatic rings. The number of morpholine rings is 1. The maximum Gasteiger partial charge on any atom is 0.350 e. The Morgan fingerprint density at radius 2 is 1.95 bits per heavy atom. The topological polar surface area (TPSA) is 87.4 Å². The smallest absolute Gasteiger partial charge is 0.350 e. The molecule has 0 unspecified atom stereocenters. The fourth-order valence-corrected chi connectivity index (χ4v) is 6.84. The fraction of sp³-hybridized carbons (Fsp3) is 0.581. The van der Waals surface area contributed by atoms with Crippen molar-refractivity contribution in [1.29, 1.82) is 0 Å². The molecular weight excluding hydrogens is 537 g/mol. The normalized spacial score (nSPS) is 24.8. The molecule has 226 valence electrons. The lowest BCUT2D eigenvalue weighted by Gasteiger charge is -2.43. The summed E-state index contributed by atoms with van der Waals surface area (Å²) < 4.78 is 22.3. The number of aromatic nitrogens is 3. The van der Waals surface area contributed by atoms with Crippen LogP contribution in [0.2, 0.25) is 0 Å². The Morgan fingerprint density at radius 3 is 2.69 bits per heavy atom. The summed E-state index contributed by atoms with van der Waals surface area (Å²) >= 11 is 0. The van der Waals surface area contributed by atoms with Crippen LogP contribution in [0, 0.1) is 5.82 Å². The van der Waals surface area contributed by atoms with Crippen LogP contribution in [0.25, 0.3) is 5.65 Å². The number of halogens is 1. The predicted octanol–water partition coefficient (Wildman–Crippen LogP) is 1.77. The van der Waals surface area contributed by atoms with Crippen molar-refractivity contribution in [3.63, 3.8) is 0 Å². The van der Waals surface area contributed by atoms with Gasteiger partial charge in [0.25, 0.3) is 0 Å². The van der Waals surface area contributed by atoms with Crippen LogP contribution in [-0.2, 0) is 28.4 Å². The number of nitrogens with zero attached hydrogens (tertiary/aromatic N) is 6. The molecule has 2 saturated heterocycles. The summed E-state index contributed by atoms with van der Waals surface area (Å²) in [4.78, 5) is 34.2. The predicted molar refractivity (Wildman–Crippen MR) is 160 cm³/mol. The van der Waals surface area contributed by atoms with Crippen molar-refractivity contribution in [1.82, 2.24) is 29.3 Å². The van der Waals surface area contributed by atoms with E-state index in [1.807, 2.05) is 11.0 Å². The average molecular weight is 580 g/mol. The molecule has 0 spiro atoms. The number of amides is 1. The van der Waals surface area contributed by atoms with Crippen LogP contribution in [0.1, 0.15) is 44.5 Å². The quantitative estimate of drug-likeness (QED) is 0.477. The first kappa shape index (κ1) is 29.0. The lowest BCUT2D eigenvalue weighted by Crippen LogP contribution is -2.62. The molecule has 2 fully saturated rings.